The van der Waals surface area contributed by atoms with E-state index in [4.69, 9.17) is 5.11 Å². The summed E-state index contributed by atoms with van der Waals surface area (Å²) in [7, 11) is 0. The topological polar surface area (TPSA) is 37.3 Å². The Labute approximate surface area is 126 Å². The molecule has 110 valence electrons. The zero-order valence-electron chi connectivity index (χ0n) is 12.6. The molecule has 1 N–H and O–H groups in total. The van der Waals surface area contributed by atoms with Gasteiger partial charge in [0.2, 0.25) is 0 Å². The Kier molecular flexibility index (Phi) is 5.15. The van der Waals surface area contributed by atoms with Crippen LogP contribution < -0.4 is 0 Å². The highest BCUT2D eigenvalue weighted by molar-refractivity contribution is 5.87. The number of carbonyl (C=O) groups is 1. The molecular formula is C19H22O2. The van der Waals surface area contributed by atoms with E-state index in [9.17, 15) is 4.79 Å². The first-order valence-electron chi connectivity index (χ1n) is 7.50. The molecule has 0 saturated heterocycles. The van der Waals surface area contributed by atoms with Crippen molar-refractivity contribution in [3.8, 4) is 0 Å². The van der Waals surface area contributed by atoms with Crippen molar-refractivity contribution in [2.45, 2.75) is 38.5 Å². The standard InChI is InChI=1S/C19H22O2/c1-3-15(17-7-5-4-6-8-17)13-14(2)16-9-11-18(12-10-16)19(20)21/h4-12,14-15H,3,13H2,1-2H3,(H,20,21). The Morgan fingerprint density at radius 1 is 1.00 bits per heavy atom. The minimum absolute atomic E-state index is 0.348. The Morgan fingerprint density at radius 3 is 2.14 bits per heavy atom. The molecule has 0 aliphatic rings. The predicted octanol–water partition coefficient (Wildman–Crippen LogP) is 5.07. The van der Waals surface area contributed by atoms with Crippen LogP contribution >= 0.6 is 0 Å². The van der Waals surface area contributed by atoms with E-state index in [0.29, 0.717) is 17.4 Å². The molecule has 0 aliphatic heterocycles. The molecular weight excluding hydrogens is 260 g/mol. The van der Waals surface area contributed by atoms with Gasteiger partial charge in [-0.15, -0.1) is 0 Å². The molecule has 2 aromatic rings. The van der Waals surface area contributed by atoms with E-state index in [2.05, 4.69) is 38.1 Å². The SMILES string of the molecule is CCC(CC(C)c1ccc(C(=O)O)cc1)c1ccccc1. The molecule has 2 heteroatoms. The smallest absolute Gasteiger partial charge is 0.335 e. The lowest BCUT2D eigenvalue weighted by atomic mass is 9.84. The van der Waals surface area contributed by atoms with E-state index in [1.165, 1.54) is 11.1 Å². The van der Waals surface area contributed by atoms with Crippen LogP contribution in [-0.4, -0.2) is 11.1 Å². The van der Waals surface area contributed by atoms with Crippen molar-refractivity contribution in [3.63, 3.8) is 0 Å². The number of hydrogen-bond acceptors (Lipinski definition) is 1. The second-order valence-electron chi connectivity index (χ2n) is 5.58. The molecule has 0 bridgehead atoms. The van der Waals surface area contributed by atoms with Gasteiger partial charge in [-0.2, -0.15) is 0 Å². The summed E-state index contributed by atoms with van der Waals surface area (Å²) in [5.41, 5.74) is 2.93. The number of carboxylic acids is 1. The Hall–Kier alpha value is -2.09. The number of aromatic carboxylic acids is 1. The minimum Gasteiger partial charge on any atom is -0.478 e. The molecule has 0 amide bonds. The summed E-state index contributed by atoms with van der Waals surface area (Å²) >= 11 is 0. The van der Waals surface area contributed by atoms with Crippen molar-refractivity contribution in [3.05, 3.63) is 71.3 Å². The van der Waals surface area contributed by atoms with E-state index in [-0.39, 0.29) is 0 Å². The van der Waals surface area contributed by atoms with Crippen molar-refractivity contribution in [2.24, 2.45) is 0 Å². The highest BCUT2D eigenvalue weighted by Crippen LogP contribution is 2.31. The summed E-state index contributed by atoms with van der Waals surface area (Å²) in [5, 5.41) is 8.95. The maximum Gasteiger partial charge on any atom is 0.335 e. The van der Waals surface area contributed by atoms with E-state index in [0.717, 1.165) is 12.8 Å². The average Bonchev–Trinajstić information content (AvgIpc) is 2.53. The molecule has 0 aliphatic carbocycles. The van der Waals surface area contributed by atoms with Crippen LogP contribution in [0.25, 0.3) is 0 Å². The first-order chi connectivity index (χ1) is 10.1. The second-order valence-corrected chi connectivity index (χ2v) is 5.58. The summed E-state index contributed by atoms with van der Waals surface area (Å²) in [6, 6.07) is 17.9. The molecule has 2 aromatic carbocycles. The Balaban J connectivity index is 2.09. The molecule has 21 heavy (non-hydrogen) atoms. The predicted molar refractivity (Wildman–Crippen MR) is 85.9 cm³/mol. The van der Waals surface area contributed by atoms with Gasteiger partial charge in [-0.3, -0.25) is 0 Å². The lowest BCUT2D eigenvalue weighted by molar-refractivity contribution is 0.0697. The van der Waals surface area contributed by atoms with Gasteiger partial charge in [0.1, 0.15) is 0 Å². The lowest BCUT2D eigenvalue weighted by Crippen LogP contribution is -2.04. The third kappa shape index (κ3) is 3.94. The van der Waals surface area contributed by atoms with E-state index in [1.54, 1.807) is 12.1 Å². The molecule has 2 rings (SSSR count). The van der Waals surface area contributed by atoms with Crippen LogP contribution in [-0.2, 0) is 0 Å². The van der Waals surface area contributed by atoms with Crippen molar-refractivity contribution in [1.82, 2.24) is 0 Å². The van der Waals surface area contributed by atoms with Crippen LogP contribution in [0.15, 0.2) is 54.6 Å². The highest BCUT2D eigenvalue weighted by atomic mass is 16.4. The Morgan fingerprint density at radius 2 is 1.62 bits per heavy atom. The quantitative estimate of drug-likeness (QED) is 0.803. The van der Waals surface area contributed by atoms with Crippen LogP contribution in [0.5, 0.6) is 0 Å². The molecule has 0 saturated carbocycles. The van der Waals surface area contributed by atoms with E-state index >= 15 is 0 Å². The maximum absolute atomic E-state index is 10.9. The van der Waals surface area contributed by atoms with Crippen LogP contribution in [0, 0.1) is 0 Å². The summed E-state index contributed by atoms with van der Waals surface area (Å²) in [6.45, 7) is 4.43. The number of benzene rings is 2. The van der Waals surface area contributed by atoms with Gasteiger partial charge in [-0.25, -0.2) is 4.79 Å². The van der Waals surface area contributed by atoms with Gasteiger partial charge in [0.15, 0.2) is 0 Å². The molecule has 2 unspecified atom stereocenters. The van der Waals surface area contributed by atoms with E-state index < -0.39 is 5.97 Å². The first kappa shape index (κ1) is 15.3. The molecule has 2 atom stereocenters. The zero-order chi connectivity index (χ0) is 15.2. The summed E-state index contributed by atoms with van der Waals surface area (Å²) in [5.74, 6) is 0.0864. The fraction of sp³-hybridized carbons (Fsp3) is 0.316. The molecule has 0 heterocycles. The minimum atomic E-state index is -0.870. The molecule has 2 nitrogen and oxygen atoms in total. The van der Waals surface area contributed by atoms with Crippen molar-refractivity contribution in [1.29, 1.82) is 0 Å². The summed E-state index contributed by atoms with van der Waals surface area (Å²) < 4.78 is 0. The van der Waals surface area contributed by atoms with Crippen molar-refractivity contribution < 1.29 is 9.90 Å². The fourth-order valence-corrected chi connectivity index (χ4v) is 2.78. The van der Waals surface area contributed by atoms with Gasteiger partial charge in [0.25, 0.3) is 0 Å². The third-order valence-electron chi connectivity index (χ3n) is 4.13. The number of carboxylic acid groups (broad SMARTS) is 1. The number of hydrogen-bond donors (Lipinski definition) is 1. The van der Waals surface area contributed by atoms with Crippen LogP contribution in [0.2, 0.25) is 0 Å². The van der Waals surface area contributed by atoms with Crippen molar-refractivity contribution >= 4 is 5.97 Å². The maximum atomic E-state index is 10.9. The average molecular weight is 282 g/mol. The van der Waals surface area contributed by atoms with E-state index in [1.807, 2.05) is 18.2 Å². The second kappa shape index (κ2) is 7.07. The fourth-order valence-electron chi connectivity index (χ4n) is 2.78. The van der Waals surface area contributed by atoms with Gasteiger partial charge in [-0.1, -0.05) is 56.3 Å². The van der Waals surface area contributed by atoms with Gasteiger partial charge in [0, 0.05) is 0 Å². The normalized spacial score (nSPS) is 13.6. The largest absolute Gasteiger partial charge is 0.478 e. The molecule has 0 radical (unpaired) electrons. The molecule has 0 fully saturated rings. The van der Waals surface area contributed by atoms with Gasteiger partial charge in [0.05, 0.1) is 5.56 Å². The monoisotopic (exact) mass is 282 g/mol. The summed E-state index contributed by atoms with van der Waals surface area (Å²) in [6.07, 6.45) is 2.19. The molecule has 0 aromatic heterocycles. The lowest BCUT2D eigenvalue weighted by Gasteiger charge is -2.20. The number of rotatable bonds is 6. The van der Waals surface area contributed by atoms with Crippen molar-refractivity contribution in [2.75, 3.05) is 0 Å². The third-order valence-corrected chi connectivity index (χ3v) is 4.13. The van der Waals surface area contributed by atoms with Crippen LogP contribution in [0.4, 0.5) is 0 Å². The zero-order valence-corrected chi connectivity index (χ0v) is 12.6. The Bertz CT molecular complexity index is 572. The van der Waals surface area contributed by atoms with Gasteiger partial charge >= 0.3 is 5.97 Å². The molecule has 0 spiro atoms. The van der Waals surface area contributed by atoms with Crippen LogP contribution in [0.3, 0.4) is 0 Å². The van der Waals surface area contributed by atoms with Crippen LogP contribution in [0.1, 0.15) is 60.0 Å². The van der Waals surface area contributed by atoms with Gasteiger partial charge < -0.3 is 5.11 Å². The first-order valence-corrected chi connectivity index (χ1v) is 7.50. The highest BCUT2D eigenvalue weighted by Gasteiger charge is 2.15. The summed E-state index contributed by atoms with van der Waals surface area (Å²) in [4.78, 5) is 10.9. The van der Waals surface area contributed by atoms with Gasteiger partial charge in [-0.05, 0) is 47.9 Å².